The summed E-state index contributed by atoms with van der Waals surface area (Å²) in [6.45, 7) is 0.647. The lowest BCUT2D eigenvalue weighted by Crippen LogP contribution is -2.35. The molecule has 0 spiro atoms. The molecule has 3 N–H and O–H groups in total. The summed E-state index contributed by atoms with van der Waals surface area (Å²) in [6.07, 6.45) is 1.85. The number of phenols is 1. The maximum absolute atomic E-state index is 12.7. The number of nitrogens with zero attached hydrogens (tertiary/aromatic N) is 1. The molecule has 1 heterocycles. The molecule has 21 heavy (non-hydrogen) atoms. The molecule has 0 atom stereocenters. The number of amides is 1. The van der Waals surface area contributed by atoms with Crippen molar-refractivity contribution in [1.82, 2.24) is 0 Å². The second kappa shape index (κ2) is 5.30. The molecule has 3 rings (SSSR count). The van der Waals surface area contributed by atoms with E-state index in [4.69, 9.17) is 17.3 Å². The number of rotatable bonds is 1. The third kappa shape index (κ3) is 2.54. The average Bonchev–Trinajstić information content (AvgIpc) is 2.48. The highest BCUT2D eigenvalue weighted by molar-refractivity contribution is 6.32. The van der Waals surface area contributed by atoms with Gasteiger partial charge in [0, 0.05) is 23.5 Å². The topological polar surface area (TPSA) is 66.6 Å². The van der Waals surface area contributed by atoms with Gasteiger partial charge in [-0.15, -0.1) is 0 Å². The van der Waals surface area contributed by atoms with Gasteiger partial charge in [-0.3, -0.25) is 4.79 Å². The highest BCUT2D eigenvalue weighted by Crippen LogP contribution is 2.31. The van der Waals surface area contributed by atoms with E-state index in [2.05, 4.69) is 0 Å². The Morgan fingerprint density at radius 1 is 1.24 bits per heavy atom. The van der Waals surface area contributed by atoms with Crippen LogP contribution in [-0.4, -0.2) is 17.6 Å². The van der Waals surface area contributed by atoms with Gasteiger partial charge in [-0.2, -0.15) is 0 Å². The van der Waals surface area contributed by atoms with Crippen LogP contribution in [0, 0.1) is 0 Å². The van der Waals surface area contributed by atoms with Crippen LogP contribution in [0.1, 0.15) is 22.3 Å². The van der Waals surface area contributed by atoms with E-state index in [1.807, 2.05) is 18.2 Å². The molecule has 4 nitrogen and oxygen atoms in total. The lowest BCUT2D eigenvalue weighted by Gasteiger charge is -2.30. The van der Waals surface area contributed by atoms with Gasteiger partial charge in [0.2, 0.25) is 0 Å². The lowest BCUT2D eigenvalue weighted by atomic mass is 10.00. The van der Waals surface area contributed by atoms with Crippen LogP contribution < -0.4 is 10.6 Å². The van der Waals surface area contributed by atoms with E-state index in [-0.39, 0.29) is 16.7 Å². The fourth-order valence-electron chi connectivity index (χ4n) is 2.60. The summed E-state index contributed by atoms with van der Waals surface area (Å²) in [7, 11) is 0. The van der Waals surface area contributed by atoms with Crippen LogP contribution >= 0.6 is 11.6 Å². The second-order valence-electron chi connectivity index (χ2n) is 5.11. The van der Waals surface area contributed by atoms with Crippen molar-refractivity contribution in [2.24, 2.45) is 0 Å². The van der Waals surface area contributed by atoms with Crippen molar-refractivity contribution < 1.29 is 9.90 Å². The molecule has 0 saturated carbocycles. The predicted octanol–water partition coefficient (Wildman–Crippen LogP) is 3.22. The molecule has 0 unspecified atom stereocenters. The molecule has 108 valence electrons. The first-order chi connectivity index (χ1) is 10.1. The van der Waals surface area contributed by atoms with Crippen molar-refractivity contribution >= 4 is 28.9 Å². The second-order valence-corrected chi connectivity index (χ2v) is 5.52. The summed E-state index contributed by atoms with van der Waals surface area (Å²) in [6, 6.07) is 10.1. The minimum atomic E-state index is -0.136. The first kappa shape index (κ1) is 13.8. The zero-order chi connectivity index (χ0) is 15.0. The van der Waals surface area contributed by atoms with Crippen molar-refractivity contribution in [2.45, 2.75) is 12.8 Å². The predicted molar refractivity (Wildman–Crippen MR) is 84.0 cm³/mol. The van der Waals surface area contributed by atoms with Crippen molar-refractivity contribution in [3.63, 3.8) is 0 Å². The van der Waals surface area contributed by atoms with Crippen molar-refractivity contribution in [1.29, 1.82) is 0 Å². The van der Waals surface area contributed by atoms with E-state index >= 15 is 0 Å². The molecule has 1 amide bonds. The Balaban J connectivity index is 1.99. The summed E-state index contributed by atoms with van der Waals surface area (Å²) in [5.41, 5.74) is 8.90. The summed E-state index contributed by atoms with van der Waals surface area (Å²) in [4.78, 5) is 14.4. The summed E-state index contributed by atoms with van der Waals surface area (Å²) >= 11 is 5.88. The van der Waals surface area contributed by atoms with Gasteiger partial charge < -0.3 is 15.7 Å². The van der Waals surface area contributed by atoms with Crippen LogP contribution in [0.4, 0.5) is 11.4 Å². The van der Waals surface area contributed by atoms with Crippen LogP contribution in [0.25, 0.3) is 0 Å². The summed E-state index contributed by atoms with van der Waals surface area (Å²) in [5, 5.41) is 9.63. The minimum Gasteiger partial charge on any atom is -0.506 e. The number of carbonyl (C=O) groups is 1. The van der Waals surface area contributed by atoms with Crippen LogP contribution in [0.3, 0.4) is 0 Å². The first-order valence-electron chi connectivity index (χ1n) is 6.75. The molecule has 0 aromatic heterocycles. The fraction of sp³-hybridized carbons (Fsp3) is 0.188. The maximum Gasteiger partial charge on any atom is 0.258 e. The molecule has 2 aromatic rings. The first-order valence-corrected chi connectivity index (χ1v) is 7.13. The van der Waals surface area contributed by atoms with Crippen molar-refractivity contribution in [3.05, 3.63) is 52.5 Å². The molecule has 0 saturated heterocycles. The number of hydrogen-bond acceptors (Lipinski definition) is 3. The zero-order valence-corrected chi connectivity index (χ0v) is 12.1. The van der Waals surface area contributed by atoms with E-state index < -0.39 is 0 Å². The summed E-state index contributed by atoms with van der Waals surface area (Å²) < 4.78 is 0. The van der Waals surface area contributed by atoms with Gasteiger partial charge in [0.15, 0.2) is 0 Å². The van der Waals surface area contributed by atoms with E-state index in [1.54, 1.807) is 11.0 Å². The number of phenolic OH excluding ortho intramolecular Hbond substituents is 1. The van der Waals surface area contributed by atoms with E-state index in [0.29, 0.717) is 17.8 Å². The number of fused-ring (bicyclic) bond motifs is 1. The molecule has 0 bridgehead atoms. The number of carbonyl (C=O) groups excluding carboxylic acids is 1. The monoisotopic (exact) mass is 302 g/mol. The smallest absolute Gasteiger partial charge is 0.258 e. The Kier molecular flexibility index (Phi) is 3.47. The van der Waals surface area contributed by atoms with Crippen LogP contribution in [0.2, 0.25) is 5.02 Å². The van der Waals surface area contributed by atoms with Crippen LogP contribution in [-0.2, 0) is 6.42 Å². The Morgan fingerprint density at radius 3 is 2.81 bits per heavy atom. The van der Waals surface area contributed by atoms with Gasteiger partial charge in [-0.1, -0.05) is 17.7 Å². The van der Waals surface area contributed by atoms with Gasteiger partial charge in [-0.05, 0) is 48.7 Å². The number of aromatic hydroxyl groups is 1. The Morgan fingerprint density at radius 2 is 2.05 bits per heavy atom. The number of nitrogens with two attached hydrogens (primary N) is 1. The normalized spacial score (nSPS) is 13.9. The van der Waals surface area contributed by atoms with Crippen LogP contribution in [0.15, 0.2) is 36.4 Å². The molecular formula is C16H15ClN2O2. The highest BCUT2D eigenvalue weighted by atomic mass is 35.5. The minimum absolute atomic E-state index is 0.0310. The zero-order valence-electron chi connectivity index (χ0n) is 11.3. The molecular weight excluding hydrogens is 288 g/mol. The number of hydrogen-bond donors (Lipinski definition) is 2. The van der Waals surface area contributed by atoms with Crippen molar-refractivity contribution in [2.75, 3.05) is 17.2 Å². The number of aryl methyl sites for hydroxylation is 1. The van der Waals surface area contributed by atoms with Gasteiger partial charge in [0.25, 0.3) is 5.91 Å². The molecule has 5 heteroatoms. The van der Waals surface area contributed by atoms with Gasteiger partial charge in [0.1, 0.15) is 5.75 Å². The Labute approximate surface area is 127 Å². The van der Waals surface area contributed by atoms with Crippen LogP contribution in [0.5, 0.6) is 5.75 Å². The molecule has 2 aromatic carbocycles. The standard InChI is InChI=1S/C16H15ClN2O2/c17-13-8-11(4-6-15(13)20)16(21)19-7-1-2-10-3-5-12(18)9-14(10)19/h3-6,8-9,20H,1-2,7,18H2. The third-order valence-corrected chi connectivity index (χ3v) is 3.97. The highest BCUT2D eigenvalue weighted by Gasteiger charge is 2.24. The lowest BCUT2D eigenvalue weighted by molar-refractivity contribution is 0.0985. The molecule has 0 fully saturated rings. The quantitative estimate of drug-likeness (QED) is 0.795. The number of nitrogen functional groups attached to an aromatic ring is 1. The molecule has 0 radical (unpaired) electrons. The average molecular weight is 303 g/mol. The van der Waals surface area contributed by atoms with Gasteiger partial charge >= 0.3 is 0 Å². The largest absolute Gasteiger partial charge is 0.506 e. The van der Waals surface area contributed by atoms with Crippen molar-refractivity contribution in [3.8, 4) is 5.75 Å². The Hall–Kier alpha value is -2.20. The molecule has 1 aliphatic rings. The van der Waals surface area contributed by atoms with E-state index in [9.17, 15) is 9.90 Å². The molecule has 1 aliphatic heterocycles. The van der Waals surface area contributed by atoms with E-state index in [1.165, 1.54) is 12.1 Å². The van der Waals surface area contributed by atoms with Gasteiger partial charge in [0.05, 0.1) is 5.02 Å². The number of halogens is 1. The van der Waals surface area contributed by atoms with Gasteiger partial charge in [-0.25, -0.2) is 0 Å². The fourth-order valence-corrected chi connectivity index (χ4v) is 2.78. The number of benzene rings is 2. The SMILES string of the molecule is Nc1ccc2c(c1)N(C(=O)c1ccc(O)c(Cl)c1)CCC2. The Bertz CT molecular complexity index is 715. The maximum atomic E-state index is 12.7. The molecule has 0 aliphatic carbocycles. The summed E-state index contributed by atoms with van der Waals surface area (Å²) in [5.74, 6) is -0.167. The van der Waals surface area contributed by atoms with E-state index in [0.717, 1.165) is 24.1 Å². The number of anilines is 2. The third-order valence-electron chi connectivity index (χ3n) is 3.67.